The van der Waals surface area contributed by atoms with Gasteiger partial charge in [-0.05, 0) is 39.7 Å². The van der Waals surface area contributed by atoms with Gasteiger partial charge in [-0.25, -0.2) is 4.39 Å². The molecule has 0 spiro atoms. The second kappa shape index (κ2) is 4.03. The first-order valence-corrected chi connectivity index (χ1v) is 5.21. The van der Waals surface area contributed by atoms with E-state index in [0.717, 1.165) is 5.56 Å². The van der Waals surface area contributed by atoms with Gasteiger partial charge in [0, 0.05) is 5.56 Å². The fourth-order valence-electron chi connectivity index (χ4n) is 1.37. The average molecular weight is 267 g/mol. The Balaban J connectivity index is 2.55. The first kappa shape index (κ1) is 10.2. The van der Waals surface area contributed by atoms with Crippen molar-refractivity contribution in [3.05, 3.63) is 52.8 Å². The van der Waals surface area contributed by atoms with Gasteiger partial charge in [-0.3, -0.25) is 0 Å². The van der Waals surface area contributed by atoms with Crippen LogP contribution in [0, 0.1) is 5.82 Å². The summed E-state index contributed by atoms with van der Waals surface area (Å²) in [5.41, 5.74) is 1.26. The standard InChI is InChI=1S/C12H8BrFO/c13-10-7-8(5-6-12(10)15)9-3-1-2-4-11(9)14/h1-7,15H. The van der Waals surface area contributed by atoms with Gasteiger partial charge in [-0.1, -0.05) is 24.3 Å². The molecule has 0 saturated heterocycles. The summed E-state index contributed by atoms with van der Waals surface area (Å²) in [6.07, 6.45) is 0. The van der Waals surface area contributed by atoms with Crippen LogP contribution in [0.3, 0.4) is 0 Å². The highest BCUT2D eigenvalue weighted by Crippen LogP contribution is 2.30. The van der Waals surface area contributed by atoms with E-state index in [1.807, 2.05) is 0 Å². The van der Waals surface area contributed by atoms with Crippen LogP contribution in [0.4, 0.5) is 4.39 Å². The highest BCUT2D eigenvalue weighted by Gasteiger charge is 2.05. The fraction of sp³-hybridized carbons (Fsp3) is 0. The summed E-state index contributed by atoms with van der Waals surface area (Å²) in [7, 11) is 0. The van der Waals surface area contributed by atoms with Crippen LogP contribution in [0.25, 0.3) is 11.1 Å². The molecule has 2 rings (SSSR count). The van der Waals surface area contributed by atoms with E-state index in [0.29, 0.717) is 10.0 Å². The first-order chi connectivity index (χ1) is 7.18. The number of aromatic hydroxyl groups is 1. The van der Waals surface area contributed by atoms with Crippen LogP contribution in [-0.4, -0.2) is 5.11 Å². The Hall–Kier alpha value is -1.35. The predicted molar refractivity (Wildman–Crippen MR) is 61.2 cm³/mol. The van der Waals surface area contributed by atoms with Crippen molar-refractivity contribution in [1.29, 1.82) is 0 Å². The number of hydrogen-bond donors (Lipinski definition) is 1. The smallest absolute Gasteiger partial charge is 0.131 e. The zero-order valence-electron chi connectivity index (χ0n) is 7.74. The lowest BCUT2D eigenvalue weighted by Crippen LogP contribution is -1.83. The van der Waals surface area contributed by atoms with Gasteiger partial charge in [0.05, 0.1) is 4.47 Å². The molecule has 1 N–H and O–H groups in total. The third-order valence-electron chi connectivity index (χ3n) is 2.13. The second-order valence-electron chi connectivity index (χ2n) is 3.15. The molecule has 0 heterocycles. The topological polar surface area (TPSA) is 20.2 Å². The van der Waals surface area contributed by atoms with Crippen molar-refractivity contribution in [3.8, 4) is 16.9 Å². The zero-order valence-corrected chi connectivity index (χ0v) is 9.33. The highest BCUT2D eigenvalue weighted by molar-refractivity contribution is 9.10. The number of halogens is 2. The monoisotopic (exact) mass is 266 g/mol. The van der Waals surface area contributed by atoms with E-state index in [1.165, 1.54) is 12.1 Å². The van der Waals surface area contributed by atoms with E-state index in [-0.39, 0.29) is 11.6 Å². The minimum atomic E-state index is -0.268. The van der Waals surface area contributed by atoms with Crippen LogP contribution in [0.5, 0.6) is 5.75 Å². The molecule has 0 aliphatic heterocycles. The minimum Gasteiger partial charge on any atom is -0.507 e. The quantitative estimate of drug-likeness (QED) is 0.829. The number of benzene rings is 2. The van der Waals surface area contributed by atoms with Crippen LogP contribution >= 0.6 is 15.9 Å². The number of rotatable bonds is 1. The summed E-state index contributed by atoms with van der Waals surface area (Å²) in [6, 6.07) is 11.4. The van der Waals surface area contributed by atoms with Crippen LogP contribution in [-0.2, 0) is 0 Å². The lowest BCUT2D eigenvalue weighted by molar-refractivity contribution is 0.472. The fourth-order valence-corrected chi connectivity index (χ4v) is 1.75. The van der Waals surface area contributed by atoms with Crippen LogP contribution in [0.1, 0.15) is 0 Å². The molecule has 0 atom stereocenters. The van der Waals surface area contributed by atoms with Crippen molar-refractivity contribution >= 4 is 15.9 Å². The van der Waals surface area contributed by atoms with Gasteiger partial charge in [0.25, 0.3) is 0 Å². The minimum absolute atomic E-state index is 0.148. The molecule has 0 fully saturated rings. The second-order valence-corrected chi connectivity index (χ2v) is 4.00. The molecular formula is C12H8BrFO. The van der Waals surface area contributed by atoms with Gasteiger partial charge in [0.2, 0.25) is 0 Å². The molecule has 0 aliphatic rings. The molecule has 1 nitrogen and oxygen atoms in total. The molecule has 3 heteroatoms. The Kier molecular flexibility index (Phi) is 2.73. The van der Waals surface area contributed by atoms with Crippen molar-refractivity contribution in [1.82, 2.24) is 0 Å². The van der Waals surface area contributed by atoms with E-state index in [9.17, 15) is 9.50 Å². The molecule has 0 amide bonds. The van der Waals surface area contributed by atoms with Crippen molar-refractivity contribution in [2.75, 3.05) is 0 Å². The van der Waals surface area contributed by atoms with Gasteiger partial charge in [-0.2, -0.15) is 0 Å². The summed E-state index contributed by atoms with van der Waals surface area (Å²) in [6.45, 7) is 0. The largest absolute Gasteiger partial charge is 0.507 e. The number of phenols is 1. The van der Waals surface area contributed by atoms with Crippen molar-refractivity contribution in [2.24, 2.45) is 0 Å². The van der Waals surface area contributed by atoms with Gasteiger partial charge in [-0.15, -0.1) is 0 Å². The molecular weight excluding hydrogens is 259 g/mol. The maximum atomic E-state index is 13.4. The first-order valence-electron chi connectivity index (χ1n) is 4.42. The third kappa shape index (κ3) is 2.02. The average Bonchev–Trinajstić information content (AvgIpc) is 2.23. The Labute approximate surface area is 95.3 Å². The Morgan fingerprint density at radius 2 is 1.80 bits per heavy atom. The van der Waals surface area contributed by atoms with Gasteiger partial charge < -0.3 is 5.11 Å². The van der Waals surface area contributed by atoms with Gasteiger partial charge in [0.1, 0.15) is 11.6 Å². The van der Waals surface area contributed by atoms with Crippen LogP contribution < -0.4 is 0 Å². The molecule has 0 aliphatic carbocycles. The molecule has 15 heavy (non-hydrogen) atoms. The van der Waals surface area contributed by atoms with Crippen molar-refractivity contribution in [3.63, 3.8) is 0 Å². The summed E-state index contributed by atoms with van der Waals surface area (Å²) >= 11 is 3.20. The summed E-state index contributed by atoms with van der Waals surface area (Å²) < 4.78 is 14.0. The summed E-state index contributed by atoms with van der Waals surface area (Å²) in [4.78, 5) is 0. The highest BCUT2D eigenvalue weighted by atomic mass is 79.9. The van der Waals surface area contributed by atoms with Crippen molar-refractivity contribution in [2.45, 2.75) is 0 Å². The zero-order chi connectivity index (χ0) is 10.8. The lowest BCUT2D eigenvalue weighted by atomic mass is 10.1. The van der Waals surface area contributed by atoms with Gasteiger partial charge >= 0.3 is 0 Å². The van der Waals surface area contributed by atoms with E-state index in [1.54, 1.807) is 30.3 Å². The molecule has 2 aromatic carbocycles. The molecule has 2 aromatic rings. The van der Waals surface area contributed by atoms with E-state index in [2.05, 4.69) is 15.9 Å². The Morgan fingerprint density at radius 3 is 2.47 bits per heavy atom. The van der Waals surface area contributed by atoms with E-state index in [4.69, 9.17) is 0 Å². The molecule has 0 saturated carbocycles. The third-order valence-corrected chi connectivity index (χ3v) is 2.77. The van der Waals surface area contributed by atoms with Gasteiger partial charge in [0.15, 0.2) is 0 Å². The summed E-state index contributed by atoms with van der Waals surface area (Å²) in [5.74, 6) is -0.120. The Bertz CT molecular complexity index is 497. The SMILES string of the molecule is Oc1ccc(-c2ccccc2F)cc1Br. The number of phenolic OH excluding ortho intramolecular Hbond substituents is 1. The summed E-state index contributed by atoms with van der Waals surface area (Å²) in [5, 5.41) is 9.32. The lowest BCUT2D eigenvalue weighted by Gasteiger charge is -2.04. The molecule has 76 valence electrons. The molecule has 0 bridgehead atoms. The van der Waals surface area contributed by atoms with Crippen LogP contribution in [0.2, 0.25) is 0 Å². The molecule has 0 aromatic heterocycles. The number of hydrogen-bond acceptors (Lipinski definition) is 1. The maximum absolute atomic E-state index is 13.4. The van der Waals surface area contributed by atoms with E-state index < -0.39 is 0 Å². The molecule has 0 unspecified atom stereocenters. The normalized spacial score (nSPS) is 10.3. The molecule has 0 radical (unpaired) electrons. The maximum Gasteiger partial charge on any atom is 0.131 e. The predicted octanol–water partition coefficient (Wildman–Crippen LogP) is 3.96. The van der Waals surface area contributed by atoms with E-state index >= 15 is 0 Å². The van der Waals surface area contributed by atoms with Crippen LogP contribution in [0.15, 0.2) is 46.9 Å². The van der Waals surface area contributed by atoms with Crippen molar-refractivity contribution < 1.29 is 9.50 Å². The Morgan fingerprint density at radius 1 is 1.07 bits per heavy atom.